The van der Waals surface area contributed by atoms with Crippen LogP contribution < -0.4 is 10.6 Å². The highest BCUT2D eigenvalue weighted by atomic mass is 127. The molecule has 0 bridgehead atoms. The summed E-state index contributed by atoms with van der Waals surface area (Å²) in [7, 11) is 1.87. The Morgan fingerprint density at radius 3 is 2.24 bits per heavy atom. The lowest BCUT2D eigenvalue weighted by molar-refractivity contribution is 0.139. The maximum atomic E-state index is 4.34. The average Bonchev–Trinajstić information content (AvgIpc) is 3.14. The van der Waals surface area contributed by atoms with Crippen LogP contribution in [0, 0.1) is 5.92 Å². The maximum Gasteiger partial charge on any atom is 0.191 e. The fourth-order valence-electron chi connectivity index (χ4n) is 3.95. The number of piperazine rings is 1. The summed E-state index contributed by atoms with van der Waals surface area (Å²) in [6, 6.07) is 0. The quantitative estimate of drug-likeness (QED) is 0.238. The summed E-state index contributed by atoms with van der Waals surface area (Å²) >= 11 is 0. The molecular weight excluding hydrogens is 425 g/mol. The van der Waals surface area contributed by atoms with E-state index in [2.05, 4.69) is 32.3 Å². The van der Waals surface area contributed by atoms with Crippen LogP contribution in [-0.4, -0.2) is 75.2 Å². The molecule has 2 rings (SSSR count). The Morgan fingerprint density at radius 2 is 1.60 bits per heavy atom. The van der Waals surface area contributed by atoms with Gasteiger partial charge in [0.1, 0.15) is 0 Å². The molecule has 0 atom stereocenters. The third-order valence-corrected chi connectivity index (χ3v) is 5.66. The summed E-state index contributed by atoms with van der Waals surface area (Å²) in [5.74, 6) is 1.98. The number of guanidine groups is 1. The van der Waals surface area contributed by atoms with Gasteiger partial charge in [0.15, 0.2) is 5.96 Å². The normalized spacial score (nSPS) is 20.5. The van der Waals surface area contributed by atoms with E-state index in [4.69, 9.17) is 0 Å². The summed E-state index contributed by atoms with van der Waals surface area (Å²) in [6.07, 6.45) is 9.93. The largest absolute Gasteiger partial charge is 0.356 e. The number of hydrogen-bond donors (Lipinski definition) is 2. The predicted octanol–water partition coefficient (Wildman–Crippen LogP) is 2.77. The van der Waals surface area contributed by atoms with Crippen LogP contribution in [0.3, 0.4) is 0 Å². The van der Waals surface area contributed by atoms with Crippen LogP contribution in [0.25, 0.3) is 0 Å². The van der Waals surface area contributed by atoms with E-state index < -0.39 is 0 Å². The number of unbranched alkanes of at least 4 members (excludes halogenated alkanes) is 1. The zero-order valence-electron chi connectivity index (χ0n) is 16.4. The highest BCUT2D eigenvalue weighted by molar-refractivity contribution is 14.0. The van der Waals surface area contributed by atoms with Crippen molar-refractivity contribution in [2.24, 2.45) is 10.9 Å². The van der Waals surface area contributed by atoms with Crippen molar-refractivity contribution in [1.29, 1.82) is 0 Å². The van der Waals surface area contributed by atoms with E-state index in [1.807, 2.05) is 7.05 Å². The highest BCUT2D eigenvalue weighted by Crippen LogP contribution is 2.28. The molecule has 0 amide bonds. The number of halogens is 1. The molecule has 1 aliphatic heterocycles. The van der Waals surface area contributed by atoms with Crippen molar-refractivity contribution >= 4 is 29.9 Å². The van der Waals surface area contributed by atoms with Crippen molar-refractivity contribution in [3.8, 4) is 0 Å². The van der Waals surface area contributed by atoms with Crippen molar-refractivity contribution in [2.45, 2.75) is 51.9 Å². The predicted molar refractivity (Wildman–Crippen MR) is 119 cm³/mol. The second-order valence-electron chi connectivity index (χ2n) is 7.35. The molecule has 0 radical (unpaired) electrons. The van der Waals surface area contributed by atoms with Gasteiger partial charge in [-0.25, -0.2) is 0 Å². The molecule has 25 heavy (non-hydrogen) atoms. The summed E-state index contributed by atoms with van der Waals surface area (Å²) in [5.41, 5.74) is 0. The number of aliphatic imine (C=N–C) groups is 1. The van der Waals surface area contributed by atoms with E-state index in [0.717, 1.165) is 31.5 Å². The van der Waals surface area contributed by atoms with Gasteiger partial charge in [-0.2, -0.15) is 0 Å². The standard InChI is InChI=1S/C19H39N5.HI/c1-3-23-14-16-24(17-15-23)13-12-22-19(20-2)21-11-7-6-10-18-8-4-5-9-18;/h18H,3-17H2,1-2H3,(H2,20,21,22);1H. The van der Waals surface area contributed by atoms with Gasteiger partial charge in [0, 0.05) is 52.9 Å². The van der Waals surface area contributed by atoms with Crippen LogP contribution in [0.2, 0.25) is 0 Å². The summed E-state index contributed by atoms with van der Waals surface area (Å²) < 4.78 is 0. The molecule has 2 fully saturated rings. The van der Waals surface area contributed by atoms with Crippen LogP contribution in [0.5, 0.6) is 0 Å². The van der Waals surface area contributed by atoms with Gasteiger partial charge in [0.05, 0.1) is 0 Å². The maximum absolute atomic E-state index is 4.34. The molecule has 0 unspecified atom stereocenters. The highest BCUT2D eigenvalue weighted by Gasteiger charge is 2.15. The zero-order chi connectivity index (χ0) is 17.0. The molecule has 1 aliphatic carbocycles. The van der Waals surface area contributed by atoms with Gasteiger partial charge in [-0.15, -0.1) is 24.0 Å². The Kier molecular flexibility index (Phi) is 12.9. The van der Waals surface area contributed by atoms with Crippen LogP contribution in [-0.2, 0) is 0 Å². The first-order valence-corrected chi connectivity index (χ1v) is 10.2. The minimum atomic E-state index is 0. The molecule has 0 aromatic rings. The molecule has 6 heteroatoms. The molecule has 2 N–H and O–H groups in total. The fraction of sp³-hybridized carbons (Fsp3) is 0.947. The van der Waals surface area contributed by atoms with Gasteiger partial charge in [-0.1, -0.05) is 45.4 Å². The molecule has 0 spiro atoms. The third kappa shape index (κ3) is 9.43. The topological polar surface area (TPSA) is 42.9 Å². The Hall–Kier alpha value is -0.0800. The minimum absolute atomic E-state index is 0. The van der Waals surface area contributed by atoms with Crippen molar-refractivity contribution in [2.75, 3.05) is 59.4 Å². The average molecular weight is 465 g/mol. The van der Waals surface area contributed by atoms with Crippen molar-refractivity contribution < 1.29 is 0 Å². The van der Waals surface area contributed by atoms with Gasteiger partial charge in [-0.05, 0) is 18.9 Å². The van der Waals surface area contributed by atoms with E-state index in [-0.39, 0.29) is 24.0 Å². The van der Waals surface area contributed by atoms with Crippen LogP contribution in [0.4, 0.5) is 0 Å². The Balaban J connectivity index is 0.00000312. The van der Waals surface area contributed by atoms with E-state index in [9.17, 15) is 0 Å². The number of rotatable bonds is 9. The smallest absolute Gasteiger partial charge is 0.191 e. The number of nitrogens with one attached hydrogen (secondary N) is 2. The molecule has 5 nitrogen and oxygen atoms in total. The second kappa shape index (κ2) is 14.0. The van der Waals surface area contributed by atoms with Gasteiger partial charge < -0.3 is 15.5 Å². The summed E-state index contributed by atoms with van der Waals surface area (Å²) in [6.45, 7) is 11.4. The molecule has 1 heterocycles. The Labute approximate surface area is 172 Å². The van der Waals surface area contributed by atoms with Gasteiger partial charge >= 0.3 is 0 Å². The molecule has 0 aromatic carbocycles. The first-order valence-electron chi connectivity index (χ1n) is 10.2. The van der Waals surface area contributed by atoms with Gasteiger partial charge in [-0.3, -0.25) is 9.89 Å². The minimum Gasteiger partial charge on any atom is -0.356 e. The molecule has 1 saturated carbocycles. The first-order chi connectivity index (χ1) is 11.8. The lowest BCUT2D eigenvalue weighted by Crippen LogP contribution is -2.49. The molecule has 0 aromatic heterocycles. The second-order valence-corrected chi connectivity index (χ2v) is 7.35. The fourth-order valence-corrected chi connectivity index (χ4v) is 3.95. The summed E-state index contributed by atoms with van der Waals surface area (Å²) in [5, 5.41) is 6.92. The molecule has 148 valence electrons. The zero-order valence-corrected chi connectivity index (χ0v) is 18.8. The van der Waals surface area contributed by atoms with E-state index in [0.29, 0.717) is 0 Å². The molecule has 2 aliphatic rings. The lowest BCUT2D eigenvalue weighted by atomic mass is 10.0. The molecule has 1 saturated heterocycles. The van der Waals surface area contributed by atoms with E-state index >= 15 is 0 Å². The number of likely N-dealkylation sites (N-methyl/N-ethyl adjacent to an activating group) is 1. The van der Waals surface area contributed by atoms with E-state index in [1.54, 1.807) is 0 Å². The van der Waals surface area contributed by atoms with Crippen LogP contribution in [0.15, 0.2) is 4.99 Å². The number of nitrogens with zero attached hydrogens (tertiary/aromatic N) is 3. The first kappa shape index (κ1) is 23.0. The SMILES string of the molecule is CCN1CCN(CCNC(=NC)NCCCCC2CCCC2)CC1.I. The molecular formula is C19H40IN5. The van der Waals surface area contributed by atoms with Crippen molar-refractivity contribution in [3.63, 3.8) is 0 Å². The van der Waals surface area contributed by atoms with Crippen LogP contribution in [0.1, 0.15) is 51.9 Å². The lowest BCUT2D eigenvalue weighted by Gasteiger charge is -2.34. The number of hydrogen-bond acceptors (Lipinski definition) is 3. The van der Waals surface area contributed by atoms with Gasteiger partial charge in [0.25, 0.3) is 0 Å². The Bertz CT molecular complexity index is 350. The monoisotopic (exact) mass is 465 g/mol. The third-order valence-electron chi connectivity index (χ3n) is 5.66. The van der Waals surface area contributed by atoms with E-state index in [1.165, 1.54) is 77.7 Å². The van der Waals surface area contributed by atoms with Crippen LogP contribution >= 0.6 is 24.0 Å². The van der Waals surface area contributed by atoms with Crippen molar-refractivity contribution in [1.82, 2.24) is 20.4 Å². The van der Waals surface area contributed by atoms with Crippen molar-refractivity contribution in [3.05, 3.63) is 0 Å². The van der Waals surface area contributed by atoms with Gasteiger partial charge in [0.2, 0.25) is 0 Å². The Morgan fingerprint density at radius 1 is 0.960 bits per heavy atom. The summed E-state index contributed by atoms with van der Waals surface area (Å²) in [4.78, 5) is 9.41.